The minimum atomic E-state index is -4.67. The number of carbonyl (C=O) groups is 2. The van der Waals surface area contributed by atoms with E-state index < -0.39 is 32.5 Å². The molecule has 0 aromatic rings. The summed E-state index contributed by atoms with van der Waals surface area (Å²) >= 11 is 0. The normalized spacial score (nSPS) is 14.4. The van der Waals surface area contributed by atoms with Crippen molar-refractivity contribution in [1.29, 1.82) is 0 Å². The molecule has 0 fully saturated rings. The molecule has 0 spiro atoms. The highest BCUT2D eigenvalue weighted by Crippen LogP contribution is 2.38. The van der Waals surface area contributed by atoms with E-state index in [9.17, 15) is 19.0 Å². The van der Waals surface area contributed by atoms with Crippen molar-refractivity contribution in [3.05, 3.63) is 219 Å². The van der Waals surface area contributed by atoms with E-state index in [1.807, 2.05) is 21.1 Å². The molecular formula is C84H132NO8P. The number of phosphoric acid groups is 1. The number of ether oxygens (including phenoxy) is 2. The van der Waals surface area contributed by atoms with E-state index in [-0.39, 0.29) is 26.1 Å². The molecule has 0 amide bonds. The number of unbranched alkanes of at least 4 members (excludes halogenated alkanes) is 14. The lowest BCUT2D eigenvalue weighted by atomic mass is 10.0. The highest BCUT2D eigenvalue weighted by molar-refractivity contribution is 7.45. The van der Waals surface area contributed by atoms with E-state index in [0.29, 0.717) is 23.9 Å². The van der Waals surface area contributed by atoms with Crippen molar-refractivity contribution >= 4 is 19.8 Å². The number of allylic oxidation sites excluding steroid dienone is 36. The van der Waals surface area contributed by atoms with Crippen LogP contribution in [0.2, 0.25) is 0 Å². The molecule has 9 nitrogen and oxygen atoms in total. The van der Waals surface area contributed by atoms with Crippen LogP contribution < -0.4 is 4.89 Å². The maximum atomic E-state index is 12.9. The Morgan fingerprint density at radius 1 is 0.330 bits per heavy atom. The summed E-state index contributed by atoms with van der Waals surface area (Å²) in [4.78, 5) is 38.1. The predicted molar refractivity (Wildman–Crippen MR) is 405 cm³/mol. The molecule has 0 radical (unpaired) electrons. The quantitative estimate of drug-likeness (QED) is 0.0195. The molecule has 0 rings (SSSR count). The highest BCUT2D eigenvalue weighted by Gasteiger charge is 2.22. The zero-order valence-corrected chi connectivity index (χ0v) is 60.7. The third-order valence-corrected chi connectivity index (χ3v) is 15.5. The standard InChI is InChI=1S/C84H132NO8P/c1-6-8-10-12-14-16-18-20-22-24-26-28-30-32-34-36-38-40-41-42-43-45-46-48-50-52-54-56-58-60-62-64-66-68-70-72-74-76-83(86)90-80-82(81-92-94(88,89)91-79-78-85(3,4)5)93-84(87)77-75-73-71-69-67-65-63-61-59-57-55-53-51-49-47-44-39-37-35-33-31-29-27-25-23-21-19-17-15-13-11-9-7-2/h8-11,14-17,20-23,26-29,32-35,38-40,42-44,46,48-49,51,55,57,61,63,67,69,82H,6-7,12-13,18-19,24-25,30-31,36-37,41,45,47,50,52-54,56,58-60,62,64-66,68,70-81H2,1-5H3/b10-8-,11-9-,16-14-,17-15-,22-20-,23-21-,28-26-,29-27-,34-32-,35-33-,40-38-,43-42-,44-39-,48-46-,51-49-,57-55-,63-61-,69-67-. The summed E-state index contributed by atoms with van der Waals surface area (Å²) in [7, 11) is 1.11. The van der Waals surface area contributed by atoms with Gasteiger partial charge in [0, 0.05) is 12.8 Å². The van der Waals surface area contributed by atoms with Gasteiger partial charge in [0.15, 0.2) is 6.10 Å². The van der Waals surface area contributed by atoms with E-state index in [1.54, 1.807) is 0 Å². The Morgan fingerprint density at radius 3 is 0.872 bits per heavy atom. The van der Waals surface area contributed by atoms with Crippen molar-refractivity contribution in [3.63, 3.8) is 0 Å². The number of hydrogen-bond donors (Lipinski definition) is 0. The Labute approximate surface area is 576 Å². The molecule has 0 saturated heterocycles. The summed E-state index contributed by atoms with van der Waals surface area (Å²) in [5.41, 5.74) is 0. The first-order valence-corrected chi connectivity index (χ1v) is 37.9. The average Bonchev–Trinajstić information content (AvgIpc) is 1.56. The Bertz CT molecular complexity index is 2390. The lowest BCUT2D eigenvalue weighted by Crippen LogP contribution is -2.37. The van der Waals surface area contributed by atoms with Crippen molar-refractivity contribution in [3.8, 4) is 0 Å². The number of esters is 2. The van der Waals surface area contributed by atoms with Gasteiger partial charge in [0.1, 0.15) is 19.8 Å². The molecule has 526 valence electrons. The van der Waals surface area contributed by atoms with Gasteiger partial charge in [-0.25, -0.2) is 0 Å². The number of phosphoric ester groups is 1. The summed E-state index contributed by atoms with van der Waals surface area (Å²) < 4.78 is 34.3. The van der Waals surface area contributed by atoms with Gasteiger partial charge in [0.05, 0.1) is 27.7 Å². The number of quaternary nitrogens is 1. The largest absolute Gasteiger partial charge is 0.756 e. The van der Waals surface area contributed by atoms with Gasteiger partial charge >= 0.3 is 11.9 Å². The van der Waals surface area contributed by atoms with Crippen LogP contribution >= 0.6 is 7.82 Å². The zero-order chi connectivity index (χ0) is 68.3. The molecule has 94 heavy (non-hydrogen) atoms. The molecular weight excluding hydrogens is 1180 g/mol. The minimum Gasteiger partial charge on any atom is -0.756 e. The van der Waals surface area contributed by atoms with Crippen LogP contribution in [-0.4, -0.2) is 70.0 Å². The first-order chi connectivity index (χ1) is 46.0. The van der Waals surface area contributed by atoms with Crippen LogP contribution in [0.25, 0.3) is 0 Å². The summed E-state index contributed by atoms with van der Waals surface area (Å²) in [5, 5.41) is 0. The van der Waals surface area contributed by atoms with Crippen LogP contribution in [0.15, 0.2) is 219 Å². The average molecular weight is 1310 g/mol. The van der Waals surface area contributed by atoms with Crippen LogP contribution in [0.5, 0.6) is 0 Å². The van der Waals surface area contributed by atoms with Crippen molar-refractivity contribution in [2.24, 2.45) is 0 Å². The van der Waals surface area contributed by atoms with Crippen LogP contribution in [0, 0.1) is 0 Å². The minimum absolute atomic E-state index is 0.0517. The fourth-order valence-electron chi connectivity index (χ4n) is 8.99. The SMILES string of the molecule is CC/C=C\C/C=C\C/C=C\C/C=C\C/C=C\C/C=C\C/C=C\C/C=C\C/C=C\C/C=C\CCCCC(=O)OC(COC(=O)CCCCCCCCCCCCCC/C=C\C/C=C\C/C=C\C/C=C\C/C=C\C/C=C\C/C=C\C/C=C\CC)COP(=O)([O-])OCC[N+](C)(C)C. The molecule has 2 unspecified atom stereocenters. The molecule has 0 aromatic carbocycles. The van der Waals surface area contributed by atoms with E-state index in [2.05, 4.69) is 233 Å². The summed E-state index contributed by atoms with van der Waals surface area (Å²) in [6, 6.07) is 0. The third-order valence-electron chi connectivity index (χ3n) is 14.5. The number of hydrogen-bond acceptors (Lipinski definition) is 8. The van der Waals surface area contributed by atoms with Gasteiger partial charge < -0.3 is 27.9 Å². The van der Waals surface area contributed by atoms with E-state index in [0.717, 1.165) is 154 Å². The second kappa shape index (κ2) is 71.6. The molecule has 0 aliphatic heterocycles. The maximum Gasteiger partial charge on any atom is 0.306 e. The highest BCUT2D eigenvalue weighted by atomic mass is 31.2. The van der Waals surface area contributed by atoms with Gasteiger partial charge in [-0.05, 0) is 154 Å². The Morgan fingerprint density at radius 2 is 0.574 bits per heavy atom. The number of likely N-dealkylation sites (N-methyl/N-ethyl adjacent to an activating group) is 1. The molecule has 0 aliphatic rings. The summed E-state index contributed by atoms with van der Waals surface area (Å²) in [6.45, 7) is 3.93. The van der Waals surface area contributed by atoms with Crippen LogP contribution in [0.1, 0.15) is 245 Å². The summed E-state index contributed by atoms with van der Waals surface area (Å²) in [5.74, 6) is -0.902. The van der Waals surface area contributed by atoms with Crippen molar-refractivity contribution in [1.82, 2.24) is 0 Å². The van der Waals surface area contributed by atoms with Gasteiger partial charge in [-0.3, -0.25) is 14.2 Å². The van der Waals surface area contributed by atoms with E-state index >= 15 is 0 Å². The van der Waals surface area contributed by atoms with Crippen LogP contribution in [0.4, 0.5) is 0 Å². The molecule has 0 aliphatic carbocycles. The Balaban J connectivity index is 4.20. The molecule has 0 bridgehead atoms. The van der Waals surface area contributed by atoms with Crippen molar-refractivity contribution < 1.29 is 42.1 Å². The topological polar surface area (TPSA) is 111 Å². The van der Waals surface area contributed by atoms with Gasteiger partial charge in [-0.15, -0.1) is 0 Å². The first kappa shape index (κ1) is 88.3. The molecule has 0 aromatic heterocycles. The monoisotopic (exact) mass is 1310 g/mol. The second-order valence-corrected chi connectivity index (χ2v) is 25.9. The van der Waals surface area contributed by atoms with Gasteiger partial charge in [-0.1, -0.05) is 297 Å². The molecule has 0 N–H and O–H groups in total. The van der Waals surface area contributed by atoms with Crippen LogP contribution in [0.3, 0.4) is 0 Å². The maximum absolute atomic E-state index is 12.9. The second-order valence-electron chi connectivity index (χ2n) is 24.5. The Hall–Kier alpha value is -5.67. The predicted octanol–water partition coefficient (Wildman–Crippen LogP) is 23.7. The number of carbonyl (C=O) groups excluding carboxylic acids is 2. The Kier molecular flexibility index (Phi) is 67.3. The van der Waals surface area contributed by atoms with Gasteiger partial charge in [0.2, 0.25) is 0 Å². The van der Waals surface area contributed by atoms with E-state index in [4.69, 9.17) is 18.5 Å². The fourth-order valence-corrected chi connectivity index (χ4v) is 9.72. The van der Waals surface area contributed by atoms with Crippen LogP contribution in [-0.2, 0) is 32.7 Å². The molecule has 0 saturated carbocycles. The zero-order valence-electron chi connectivity index (χ0n) is 59.8. The lowest BCUT2D eigenvalue weighted by molar-refractivity contribution is -0.870. The number of nitrogens with zero attached hydrogens (tertiary/aromatic N) is 1. The fraction of sp³-hybridized carbons (Fsp3) is 0.548. The van der Waals surface area contributed by atoms with Gasteiger partial charge in [0.25, 0.3) is 7.82 Å². The van der Waals surface area contributed by atoms with Gasteiger partial charge in [-0.2, -0.15) is 0 Å². The third kappa shape index (κ3) is 75.4. The molecule has 0 heterocycles. The lowest BCUT2D eigenvalue weighted by Gasteiger charge is -2.28. The van der Waals surface area contributed by atoms with Crippen molar-refractivity contribution in [2.45, 2.75) is 251 Å². The first-order valence-electron chi connectivity index (χ1n) is 36.4. The smallest absolute Gasteiger partial charge is 0.306 e. The molecule has 10 heteroatoms. The van der Waals surface area contributed by atoms with Crippen molar-refractivity contribution in [2.75, 3.05) is 47.5 Å². The summed E-state index contributed by atoms with van der Waals surface area (Å²) in [6.07, 6.45) is 114. The molecule has 2 atom stereocenters. The van der Waals surface area contributed by atoms with E-state index in [1.165, 1.54) is 51.4 Å². The number of rotatable bonds is 64.